The van der Waals surface area contributed by atoms with Crippen LogP contribution in [0, 0.1) is 0 Å². The molecule has 338 valence electrons. The summed E-state index contributed by atoms with van der Waals surface area (Å²) in [4.78, 5) is 18.2. The number of nitrogens with zero attached hydrogens (tertiary/aromatic N) is 5. The molecule has 0 aliphatic carbocycles. The molecule has 0 amide bonds. The van der Waals surface area contributed by atoms with Crippen LogP contribution in [0.15, 0.2) is 273 Å². The molecule has 13 aromatic rings. The molecular formula is C67H45N5. The number of benzene rings is 11. The minimum atomic E-state index is 0.536. The van der Waals surface area contributed by atoms with E-state index in [0.29, 0.717) is 17.6 Å². The van der Waals surface area contributed by atoms with Gasteiger partial charge in [-0.2, -0.15) is 9.97 Å². The van der Waals surface area contributed by atoms with Crippen LogP contribution in [0.3, 0.4) is 0 Å². The summed E-state index contributed by atoms with van der Waals surface area (Å²) >= 11 is 0. The molecular weight excluding hydrogens is 875 g/mol. The number of anilines is 3. The Morgan fingerprint density at radius 2 is 0.625 bits per heavy atom. The van der Waals surface area contributed by atoms with Crippen molar-refractivity contribution >= 4 is 49.6 Å². The highest BCUT2D eigenvalue weighted by Gasteiger charge is 2.21. The molecule has 13 rings (SSSR count). The van der Waals surface area contributed by atoms with E-state index in [2.05, 4.69) is 264 Å². The average molecular weight is 920 g/mol. The summed E-state index contributed by atoms with van der Waals surface area (Å²) < 4.78 is 2.23. The van der Waals surface area contributed by atoms with E-state index in [1.165, 1.54) is 27.5 Å². The number of hydrogen-bond acceptors (Lipinski definition) is 4. The van der Waals surface area contributed by atoms with Crippen LogP contribution in [-0.2, 0) is 0 Å². The molecule has 0 saturated carbocycles. The molecule has 72 heavy (non-hydrogen) atoms. The van der Waals surface area contributed by atoms with Gasteiger partial charge in [-0.15, -0.1) is 0 Å². The first-order valence-electron chi connectivity index (χ1n) is 24.3. The smallest absolute Gasteiger partial charge is 0.238 e. The lowest BCUT2D eigenvalue weighted by atomic mass is 10.00. The Balaban J connectivity index is 0.966. The molecule has 5 nitrogen and oxygen atoms in total. The Morgan fingerprint density at radius 3 is 1.24 bits per heavy atom. The molecule has 5 heteroatoms. The van der Waals surface area contributed by atoms with Crippen LogP contribution >= 0.6 is 0 Å². The maximum Gasteiger partial charge on any atom is 0.238 e. The summed E-state index contributed by atoms with van der Waals surface area (Å²) in [6.45, 7) is 0. The summed E-state index contributed by atoms with van der Waals surface area (Å²) in [6, 6.07) is 96.7. The summed E-state index contributed by atoms with van der Waals surface area (Å²) in [5, 5.41) is 4.64. The predicted molar refractivity (Wildman–Crippen MR) is 299 cm³/mol. The van der Waals surface area contributed by atoms with E-state index in [9.17, 15) is 0 Å². The van der Waals surface area contributed by atoms with Crippen LogP contribution in [0.2, 0.25) is 0 Å². The number of fused-ring (bicyclic) bond motifs is 4. The Morgan fingerprint density at radius 1 is 0.250 bits per heavy atom. The van der Waals surface area contributed by atoms with Gasteiger partial charge in [0.05, 0.1) is 11.0 Å². The van der Waals surface area contributed by atoms with E-state index in [0.717, 1.165) is 77.8 Å². The van der Waals surface area contributed by atoms with Crippen molar-refractivity contribution in [2.24, 2.45) is 0 Å². The maximum absolute atomic E-state index is 5.40. The lowest BCUT2D eigenvalue weighted by Crippen LogP contribution is -2.10. The van der Waals surface area contributed by atoms with Gasteiger partial charge in [-0.25, -0.2) is 4.98 Å². The topological polar surface area (TPSA) is 46.8 Å². The van der Waals surface area contributed by atoms with Crippen molar-refractivity contribution in [3.8, 4) is 73.2 Å². The molecule has 11 aromatic carbocycles. The molecule has 0 N–H and O–H groups in total. The summed E-state index contributed by atoms with van der Waals surface area (Å²) in [5.74, 6) is 1.73. The van der Waals surface area contributed by atoms with Gasteiger partial charge < -0.3 is 4.90 Å². The summed E-state index contributed by atoms with van der Waals surface area (Å²) in [6.07, 6.45) is 0. The number of rotatable bonds is 10. The highest BCUT2D eigenvalue weighted by atomic mass is 15.2. The van der Waals surface area contributed by atoms with Crippen molar-refractivity contribution < 1.29 is 0 Å². The van der Waals surface area contributed by atoms with Crippen molar-refractivity contribution in [1.82, 2.24) is 19.5 Å². The van der Waals surface area contributed by atoms with E-state index in [4.69, 9.17) is 15.0 Å². The van der Waals surface area contributed by atoms with Crippen LogP contribution in [0.1, 0.15) is 0 Å². The highest BCUT2D eigenvalue weighted by molar-refractivity contribution is 6.11. The van der Waals surface area contributed by atoms with Crippen molar-refractivity contribution in [2.75, 3.05) is 4.90 Å². The van der Waals surface area contributed by atoms with Gasteiger partial charge in [0, 0.05) is 39.0 Å². The largest absolute Gasteiger partial charge is 0.310 e. The minimum absolute atomic E-state index is 0.536. The fourth-order valence-corrected chi connectivity index (χ4v) is 9.98. The molecule has 0 radical (unpaired) electrons. The number of para-hydroxylation sites is 1. The third kappa shape index (κ3) is 8.05. The van der Waals surface area contributed by atoms with E-state index < -0.39 is 0 Å². The Hall–Kier alpha value is -9.71. The fraction of sp³-hybridized carbons (Fsp3) is 0. The van der Waals surface area contributed by atoms with Crippen LogP contribution in [-0.4, -0.2) is 19.5 Å². The maximum atomic E-state index is 5.40. The van der Waals surface area contributed by atoms with Gasteiger partial charge in [-0.3, -0.25) is 4.57 Å². The SMILES string of the molecule is c1ccc(-c2ccc(-c3ccc(N(c4ccccc4)c4ccc5c6ccc(-c7ccccc7)cc6n(-c6nc(-c7ccccc7)nc(-c7ccc(-c8ccc9ccccc9c8)cc7)n6)c5c4)cc3)cc2)cc1. The average Bonchev–Trinajstić information content (AvgIpc) is 3.79. The monoisotopic (exact) mass is 919 g/mol. The lowest BCUT2D eigenvalue weighted by Gasteiger charge is -2.26. The molecule has 0 atom stereocenters. The van der Waals surface area contributed by atoms with Gasteiger partial charge in [-0.05, 0) is 104 Å². The quantitative estimate of drug-likeness (QED) is 0.137. The Labute approximate surface area is 418 Å². The van der Waals surface area contributed by atoms with Gasteiger partial charge in [-0.1, -0.05) is 224 Å². The first-order valence-corrected chi connectivity index (χ1v) is 24.3. The fourth-order valence-electron chi connectivity index (χ4n) is 9.98. The molecule has 0 aliphatic heterocycles. The number of hydrogen-bond donors (Lipinski definition) is 0. The van der Waals surface area contributed by atoms with Crippen molar-refractivity contribution in [3.63, 3.8) is 0 Å². The summed E-state index contributed by atoms with van der Waals surface area (Å²) in [5.41, 5.74) is 16.1. The van der Waals surface area contributed by atoms with Crippen LogP contribution in [0.5, 0.6) is 0 Å². The van der Waals surface area contributed by atoms with Crippen molar-refractivity contribution in [3.05, 3.63) is 273 Å². The zero-order valence-corrected chi connectivity index (χ0v) is 39.2. The first-order chi connectivity index (χ1) is 35.7. The normalized spacial score (nSPS) is 11.3. The molecule has 0 spiro atoms. The van der Waals surface area contributed by atoms with E-state index in [1.54, 1.807) is 0 Å². The molecule has 0 aliphatic rings. The van der Waals surface area contributed by atoms with Gasteiger partial charge in [0.25, 0.3) is 0 Å². The summed E-state index contributed by atoms with van der Waals surface area (Å²) in [7, 11) is 0. The lowest BCUT2D eigenvalue weighted by molar-refractivity contribution is 0.953. The third-order valence-corrected chi connectivity index (χ3v) is 13.7. The Kier molecular flexibility index (Phi) is 10.8. The van der Waals surface area contributed by atoms with Crippen molar-refractivity contribution in [2.45, 2.75) is 0 Å². The molecule has 2 aromatic heterocycles. The van der Waals surface area contributed by atoms with E-state index in [1.807, 2.05) is 18.2 Å². The van der Waals surface area contributed by atoms with Crippen LogP contribution in [0.4, 0.5) is 17.1 Å². The van der Waals surface area contributed by atoms with Gasteiger partial charge in [0.1, 0.15) is 0 Å². The van der Waals surface area contributed by atoms with Crippen molar-refractivity contribution in [1.29, 1.82) is 0 Å². The second-order valence-corrected chi connectivity index (χ2v) is 18.1. The molecule has 2 heterocycles. The highest BCUT2D eigenvalue weighted by Crippen LogP contribution is 2.41. The third-order valence-electron chi connectivity index (χ3n) is 13.7. The molecule has 0 unspecified atom stereocenters. The van der Waals surface area contributed by atoms with Crippen LogP contribution < -0.4 is 4.90 Å². The zero-order valence-electron chi connectivity index (χ0n) is 39.2. The Bertz CT molecular complexity index is 4040. The molecule has 0 saturated heterocycles. The second kappa shape index (κ2) is 18.3. The minimum Gasteiger partial charge on any atom is -0.310 e. The van der Waals surface area contributed by atoms with E-state index in [-0.39, 0.29) is 0 Å². The zero-order chi connectivity index (χ0) is 47.8. The van der Waals surface area contributed by atoms with Gasteiger partial charge in [0.15, 0.2) is 11.6 Å². The van der Waals surface area contributed by atoms with Gasteiger partial charge in [0.2, 0.25) is 5.95 Å². The standard InChI is InChI=1S/C67H45N5/c1-5-15-46(16-6-1)49-25-27-50(28-26-49)51-35-38-59(39-36-51)71(58-23-11-4-12-24-58)60-40-42-62-61-41-37-57(47-17-7-2-8-18-47)44-63(61)72(64(62)45-60)67-69-65(53-20-9-3-10-21-53)68-66(70-67)54-32-29-52(30-33-54)56-34-31-48-19-13-14-22-55(48)43-56/h1-45H. The van der Waals surface area contributed by atoms with Gasteiger partial charge >= 0.3 is 0 Å². The predicted octanol–water partition coefficient (Wildman–Crippen LogP) is 17.6. The second-order valence-electron chi connectivity index (χ2n) is 18.1. The number of aromatic nitrogens is 4. The molecule has 0 fully saturated rings. The van der Waals surface area contributed by atoms with Crippen LogP contribution in [0.25, 0.3) is 106 Å². The van der Waals surface area contributed by atoms with E-state index >= 15 is 0 Å². The first kappa shape index (κ1) is 42.4. The molecule has 0 bridgehead atoms.